The van der Waals surface area contributed by atoms with E-state index in [1.54, 1.807) is 0 Å². The number of ether oxygens (including phenoxy) is 1. The number of carbonyl (C=O) groups is 2. The Kier molecular flexibility index (Phi) is 11.4. The summed E-state index contributed by atoms with van der Waals surface area (Å²) >= 11 is 5.29. The van der Waals surface area contributed by atoms with Gasteiger partial charge in [-0.05, 0) is 57.3 Å². The van der Waals surface area contributed by atoms with Crippen LogP contribution in [0.2, 0.25) is 0 Å². The van der Waals surface area contributed by atoms with Gasteiger partial charge in [0.1, 0.15) is 0 Å². The Morgan fingerprint density at radius 1 is 1.03 bits per heavy atom. The van der Waals surface area contributed by atoms with Crippen molar-refractivity contribution in [2.45, 2.75) is 89.8 Å². The molecule has 2 heterocycles. The molecule has 3 N–H and O–H groups in total. The largest absolute Gasteiger partial charge is 0.481 e. The number of allylic oxidation sites excluding steroid dienone is 2. The SMILES string of the molecule is CCCCCC(=S)NCC(=O)NC[C@@H]1[C@H](CCC=CCCCC(=O)O)[C@@H]2CC[C@H]1O2. The molecular formula is C23H38N2O4S. The maximum atomic E-state index is 12.2. The number of carbonyl (C=O) groups excluding carboxylic acids is 1. The number of hydrogen-bond acceptors (Lipinski definition) is 4. The van der Waals surface area contributed by atoms with Crippen LogP contribution in [-0.2, 0) is 14.3 Å². The summed E-state index contributed by atoms with van der Waals surface area (Å²) in [5.74, 6) is 0.119. The summed E-state index contributed by atoms with van der Waals surface area (Å²) in [5.41, 5.74) is 0. The Balaban J connectivity index is 1.65. The van der Waals surface area contributed by atoms with Crippen LogP contribution in [0.3, 0.4) is 0 Å². The molecule has 2 bridgehead atoms. The Morgan fingerprint density at radius 3 is 2.50 bits per heavy atom. The van der Waals surface area contributed by atoms with Crippen LogP contribution in [0, 0.1) is 11.8 Å². The van der Waals surface area contributed by atoms with Crippen LogP contribution in [0.25, 0.3) is 0 Å². The minimum Gasteiger partial charge on any atom is -0.481 e. The molecular weight excluding hydrogens is 400 g/mol. The van der Waals surface area contributed by atoms with Crippen molar-refractivity contribution < 1.29 is 19.4 Å². The quantitative estimate of drug-likeness (QED) is 0.204. The van der Waals surface area contributed by atoms with Gasteiger partial charge in [-0.1, -0.05) is 44.1 Å². The number of hydrogen-bond donors (Lipinski definition) is 3. The number of nitrogens with one attached hydrogen (secondary N) is 2. The average molecular weight is 439 g/mol. The first-order valence-corrected chi connectivity index (χ1v) is 12.0. The molecule has 0 unspecified atom stereocenters. The maximum Gasteiger partial charge on any atom is 0.303 e. The zero-order chi connectivity index (χ0) is 21.8. The molecule has 2 aliphatic rings. The Morgan fingerprint density at radius 2 is 1.77 bits per heavy atom. The van der Waals surface area contributed by atoms with E-state index in [0.717, 1.165) is 62.8 Å². The van der Waals surface area contributed by atoms with Gasteiger partial charge in [0.15, 0.2) is 0 Å². The van der Waals surface area contributed by atoms with Crippen LogP contribution < -0.4 is 10.6 Å². The van der Waals surface area contributed by atoms with Crippen LogP contribution in [0.15, 0.2) is 12.2 Å². The van der Waals surface area contributed by atoms with Gasteiger partial charge >= 0.3 is 5.97 Å². The third kappa shape index (κ3) is 8.72. The summed E-state index contributed by atoms with van der Waals surface area (Å²) in [6.45, 7) is 3.07. The summed E-state index contributed by atoms with van der Waals surface area (Å²) in [6.07, 6.45) is 15.0. The fraction of sp³-hybridized carbons (Fsp3) is 0.783. The van der Waals surface area contributed by atoms with E-state index in [9.17, 15) is 9.59 Å². The van der Waals surface area contributed by atoms with Gasteiger partial charge in [0.05, 0.1) is 23.7 Å². The van der Waals surface area contributed by atoms with Gasteiger partial charge in [-0.3, -0.25) is 9.59 Å². The molecule has 2 saturated heterocycles. The second-order valence-corrected chi connectivity index (χ2v) is 8.98. The Hall–Kier alpha value is -1.47. The molecule has 0 aromatic heterocycles. The molecule has 30 heavy (non-hydrogen) atoms. The van der Waals surface area contributed by atoms with E-state index in [4.69, 9.17) is 22.1 Å². The van der Waals surface area contributed by atoms with Crippen molar-refractivity contribution in [1.82, 2.24) is 10.6 Å². The molecule has 1 amide bonds. The molecule has 0 aromatic carbocycles. The lowest BCUT2D eigenvalue weighted by Crippen LogP contribution is -2.42. The number of carboxylic acids is 1. The molecule has 170 valence electrons. The molecule has 4 atom stereocenters. The van der Waals surface area contributed by atoms with Gasteiger partial charge in [0, 0.05) is 18.9 Å². The summed E-state index contributed by atoms with van der Waals surface area (Å²) in [7, 11) is 0. The number of carboxylic acid groups (broad SMARTS) is 1. The second-order valence-electron chi connectivity index (χ2n) is 8.49. The third-order valence-corrected chi connectivity index (χ3v) is 6.52. The fourth-order valence-electron chi connectivity index (χ4n) is 4.55. The molecule has 0 radical (unpaired) electrons. The molecule has 7 heteroatoms. The number of amides is 1. The highest BCUT2D eigenvalue weighted by Gasteiger charge is 2.48. The van der Waals surface area contributed by atoms with E-state index in [1.165, 1.54) is 0 Å². The first-order valence-electron chi connectivity index (χ1n) is 11.6. The Bertz CT molecular complexity index is 596. The number of fused-ring (bicyclic) bond motifs is 2. The van der Waals surface area contributed by atoms with E-state index in [1.807, 2.05) is 0 Å². The molecule has 0 saturated carbocycles. The van der Waals surface area contributed by atoms with Crippen molar-refractivity contribution in [1.29, 1.82) is 0 Å². The highest BCUT2D eigenvalue weighted by molar-refractivity contribution is 7.80. The fourth-order valence-corrected chi connectivity index (χ4v) is 4.76. The van der Waals surface area contributed by atoms with Gasteiger partial charge in [0.2, 0.25) is 5.91 Å². The van der Waals surface area contributed by atoms with Gasteiger partial charge < -0.3 is 20.5 Å². The second kappa shape index (κ2) is 13.8. The van der Waals surface area contributed by atoms with Crippen LogP contribution >= 0.6 is 12.2 Å². The topological polar surface area (TPSA) is 87.7 Å². The number of unbranched alkanes of at least 4 members (excludes halogenated alkanes) is 3. The Labute approximate surface area is 186 Å². The maximum absolute atomic E-state index is 12.2. The summed E-state index contributed by atoms with van der Waals surface area (Å²) < 4.78 is 6.13. The summed E-state index contributed by atoms with van der Waals surface area (Å²) in [4.78, 5) is 23.5. The first kappa shape index (κ1) is 24.8. The van der Waals surface area contributed by atoms with Crippen LogP contribution in [-0.4, -0.2) is 47.3 Å². The van der Waals surface area contributed by atoms with Crippen molar-refractivity contribution in [3.05, 3.63) is 12.2 Å². The minimum atomic E-state index is -0.735. The summed E-state index contributed by atoms with van der Waals surface area (Å²) in [6, 6.07) is 0. The van der Waals surface area contributed by atoms with Gasteiger partial charge in [-0.2, -0.15) is 0 Å². The number of aliphatic carboxylic acids is 1. The minimum absolute atomic E-state index is 0.00677. The van der Waals surface area contributed by atoms with Crippen LogP contribution in [0.5, 0.6) is 0 Å². The number of thiocarbonyl (C=S) groups is 1. The van der Waals surface area contributed by atoms with E-state index in [2.05, 4.69) is 29.7 Å². The average Bonchev–Trinajstić information content (AvgIpc) is 3.31. The molecule has 0 aromatic rings. The molecule has 2 aliphatic heterocycles. The monoisotopic (exact) mass is 438 g/mol. The molecule has 2 fully saturated rings. The highest BCUT2D eigenvalue weighted by Crippen LogP contribution is 2.45. The van der Waals surface area contributed by atoms with Crippen molar-refractivity contribution >= 4 is 29.1 Å². The van der Waals surface area contributed by atoms with Crippen molar-refractivity contribution in [3.8, 4) is 0 Å². The standard InChI is InChI=1S/C23H38N2O4S/c1-2-3-7-11-22(30)25-16-21(26)24-15-18-17(19-13-14-20(18)29-19)10-8-5-4-6-9-12-23(27)28/h4-5,17-20H,2-3,6-16H2,1H3,(H,24,26)(H,25,30)(H,27,28)/t17-,18+,19-,20+/m0/s1. The third-order valence-electron chi connectivity index (χ3n) is 6.17. The van der Waals surface area contributed by atoms with Crippen LogP contribution in [0.4, 0.5) is 0 Å². The molecule has 2 rings (SSSR count). The molecule has 0 spiro atoms. The lowest BCUT2D eigenvalue weighted by Gasteiger charge is -2.28. The zero-order valence-corrected chi connectivity index (χ0v) is 19.1. The first-order chi connectivity index (χ1) is 14.5. The van der Waals surface area contributed by atoms with Crippen LogP contribution in [0.1, 0.15) is 77.6 Å². The molecule has 6 nitrogen and oxygen atoms in total. The highest BCUT2D eigenvalue weighted by atomic mass is 32.1. The van der Waals surface area contributed by atoms with Crippen molar-refractivity contribution in [2.75, 3.05) is 13.1 Å². The van der Waals surface area contributed by atoms with Gasteiger partial charge in [0.25, 0.3) is 0 Å². The normalized spacial score (nSPS) is 25.0. The molecule has 0 aliphatic carbocycles. The van der Waals surface area contributed by atoms with Crippen molar-refractivity contribution in [2.24, 2.45) is 11.8 Å². The predicted molar refractivity (Wildman–Crippen MR) is 122 cm³/mol. The lowest BCUT2D eigenvalue weighted by molar-refractivity contribution is -0.137. The smallest absolute Gasteiger partial charge is 0.303 e. The predicted octanol–water partition coefficient (Wildman–Crippen LogP) is 3.98. The van der Waals surface area contributed by atoms with E-state index in [-0.39, 0.29) is 25.0 Å². The van der Waals surface area contributed by atoms with E-state index >= 15 is 0 Å². The lowest BCUT2D eigenvalue weighted by atomic mass is 9.77. The zero-order valence-electron chi connectivity index (χ0n) is 18.2. The van der Waals surface area contributed by atoms with Gasteiger partial charge in [-0.15, -0.1) is 0 Å². The van der Waals surface area contributed by atoms with E-state index in [0.29, 0.717) is 30.9 Å². The number of rotatable bonds is 15. The van der Waals surface area contributed by atoms with Crippen molar-refractivity contribution in [3.63, 3.8) is 0 Å². The summed E-state index contributed by atoms with van der Waals surface area (Å²) in [5, 5.41) is 14.8. The van der Waals surface area contributed by atoms with Gasteiger partial charge in [-0.25, -0.2) is 0 Å². The van der Waals surface area contributed by atoms with E-state index < -0.39 is 5.97 Å².